The first kappa shape index (κ1) is 13.8. The van der Waals surface area contributed by atoms with Crippen LogP contribution in [0.15, 0.2) is 41.1 Å². The van der Waals surface area contributed by atoms with Crippen LogP contribution in [0.4, 0.5) is 0 Å². The Morgan fingerprint density at radius 1 is 1.42 bits per heavy atom. The van der Waals surface area contributed by atoms with Gasteiger partial charge in [-0.25, -0.2) is 0 Å². The molecular weight excluding hydrogens is 306 g/mol. The molecule has 1 heterocycles. The Kier molecular flexibility index (Phi) is 4.37. The van der Waals surface area contributed by atoms with Crippen LogP contribution in [0, 0.1) is 0 Å². The molecule has 1 aromatic heterocycles. The maximum absolute atomic E-state index is 11.9. The minimum atomic E-state index is -0.0309. The van der Waals surface area contributed by atoms with E-state index in [1.807, 2.05) is 44.4 Å². The van der Waals surface area contributed by atoms with Crippen molar-refractivity contribution in [3.8, 4) is 0 Å². The third kappa shape index (κ3) is 3.92. The summed E-state index contributed by atoms with van der Waals surface area (Å²) in [6, 6.07) is 7.73. The molecule has 1 aromatic carbocycles. The number of benzene rings is 1. The number of aryl methyl sites for hydroxylation is 1. The lowest BCUT2D eigenvalue weighted by atomic mass is 10.1. The number of halogens is 1. The van der Waals surface area contributed by atoms with Crippen LogP contribution in [-0.2, 0) is 18.3 Å². The Bertz CT molecular complexity index is 562. The Morgan fingerprint density at radius 2 is 2.11 bits per heavy atom. The van der Waals surface area contributed by atoms with Gasteiger partial charge in [-0.3, -0.25) is 9.48 Å². The lowest BCUT2D eigenvalue weighted by Crippen LogP contribution is -2.27. The molecule has 1 amide bonds. The van der Waals surface area contributed by atoms with Gasteiger partial charge in [0, 0.05) is 23.3 Å². The highest BCUT2D eigenvalue weighted by atomic mass is 79.9. The first-order valence-electron chi connectivity index (χ1n) is 6.07. The number of nitrogens with one attached hydrogen (secondary N) is 1. The van der Waals surface area contributed by atoms with Crippen LogP contribution in [0.1, 0.15) is 24.1 Å². The van der Waals surface area contributed by atoms with E-state index in [0.717, 1.165) is 15.6 Å². The van der Waals surface area contributed by atoms with Crippen molar-refractivity contribution in [2.75, 3.05) is 0 Å². The van der Waals surface area contributed by atoms with Crippen LogP contribution < -0.4 is 5.32 Å². The normalized spacial score (nSPS) is 12.2. The third-order valence-electron chi connectivity index (χ3n) is 2.88. The van der Waals surface area contributed by atoms with E-state index >= 15 is 0 Å². The van der Waals surface area contributed by atoms with Gasteiger partial charge in [0.15, 0.2) is 0 Å². The second-order valence-corrected chi connectivity index (χ2v) is 5.46. The van der Waals surface area contributed by atoms with Crippen LogP contribution in [-0.4, -0.2) is 15.7 Å². The lowest BCUT2D eigenvalue weighted by molar-refractivity contribution is -0.121. The van der Waals surface area contributed by atoms with Gasteiger partial charge in [-0.2, -0.15) is 5.10 Å². The Hall–Kier alpha value is -1.62. The molecule has 1 N–H and O–H groups in total. The molecule has 0 saturated heterocycles. The molecule has 0 aliphatic carbocycles. The third-order valence-corrected chi connectivity index (χ3v) is 3.41. The molecule has 2 aromatic rings. The Balaban J connectivity index is 1.92. The van der Waals surface area contributed by atoms with Crippen molar-refractivity contribution < 1.29 is 4.79 Å². The molecule has 100 valence electrons. The van der Waals surface area contributed by atoms with Crippen molar-refractivity contribution in [1.29, 1.82) is 0 Å². The first-order chi connectivity index (χ1) is 9.04. The molecule has 1 atom stereocenters. The van der Waals surface area contributed by atoms with Gasteiger partial charge in [0.25, 0.3) is 0 Å². The van der Waals surface area contributed by atoms with Crippen molar-refractivity contribution in [2.24, 2.45) is 7.05 Å². The number of hydrogen-bond donors (Lipinski definition) is 1. The summed E-state index contributed by atoms with van der Waals surface area (Å²) in [5.74, 6) is 0.0127. The summed E-state index contributed by atoms with van der Waals surface area (Å²) in [5.41, 5.74) is 2.01. The molecule has 0 aliphatic rings. The predicted octanol–water partition coefficient (Wildman–Crippen LogP) is 2.60. The zero-order chi connectivity index (χ0) is 13.8. The number of hydrogen-bond acceptors (Lipinski definition) is 2. The van der Waals surface area contributed by atoms with E-state index < -0.39 is 0 Å². The molecule has 2 rings (SSSR count). The van der Waals surface area contributed by atoms with Gasteiger partial charge in [-0.1, -0.05) is 28.1 Å². The zero-order valence-electron chi connectivity index (χ0n) is 10.9. The number of carbonyl (C=O) groups excluding carboxylic acids is 1. The monoisotopic (exact) mass is 321 g/mol. The average Bonchev–Trinajstić information content (AvgIpc) is 2.79. The summed E-state index contributed by atoms with van der Waals surface area (Å²) in [7, 11) is 1.86. The number of amides is 1. The molecular formula is C14H16BrN3O. The topological polar surface area (TPSA) is 46.9 Å². The predicted molar refractivity (Wildman–Crippen MR) is 77.6 cm³/mol. The van der Waals surface area contributed by atoms with Crippen LogP contribution in [0.2, 0.25) is 0 Å². The second kappa shape index (κ2) is 6.02. The van der Waals surface area contributed by atoms with E-state index in [1.165, 1.54) is 0 Å². The summed E-state index contributed by atoms with van der Waals surface area (Å²) >= 11 is 3.38. The highest BCUT2D eigenvalue weighted by molar-refractivity contribution is 9.10. The van der Waals surface area contributed by atoms with Crippen LogP contribution in [0.25, 0.3) is 0 Å². The van der Waals surface area contributed by atoms with Gasteiger partial charge >= 0.3 is 0 Å². The number of rotatable bonds is 4. The van der Waals surface area contributed by atoms with Crippen molar-refractivity contribution in [2.45, 2.75) is 19.4 Å². The Morgan fingerprint density at radius 3 is 2.68 bits per heavy atom. The number of nitrogens with zero attached hydrogens (tertiary/aromatic N) is 2. The highest BCUT2D eigenvalue weighted by Crippen LogP contribution is 2.13. The van der Waals surface area contributed by atoms with Crippen LogP contribution in [0.3, 0.4) is 0 Å². The SMILES string of the molecule is CC(NC(=O)Cc1ccc(Br)cc1)c1cnn(C)c1. The van der Waals surface area contributed by atoms with E-state index in [4.69, 9.17) is 0 Å². The Labute approximate surface area is 120 Å². The maximum Gasteiger partial charge on any atom is 0.224 e. The molecule has 0 radical (unpaired) electrons. The van der Waals surface area contributed by atoms with Crippen LogP contribution >= 0.6 is 15.9 Å². The maximum atomic E-state index is 11.9. The summed E-state index contributed by atoms with van der Waals surface area (Å²) in [6.07, 6.45) is 4.06. The van der Waals surface area contributed by atoms with Gasteiger partial charge in [0.05, 0.1) is 18.7 Å². The second-order valence-electron chi connectivity index (χ2n) is 4.54. The van der Waals surface area contributed by atoms with Crippen molar-refractivity contribution >= 4 is 21.8 Å². The van der Waals surface area contributed by atoms with Gasteiger partial charge in [0.2, 0.25) is 5.91 Å². The fraction of sp³-hybridized carbons (Fsp3) is 0.286. The van der Waals surface area contributed by atoms with Crippen molar-refractivity contribution in [3.05, 3.63) is 52.3 Å². The van der Waals surface area contributed by atoms with Gasteiger partial charge in [-0.05, 0) is 24.6 Å². The van der Waals surface area contributed by atoms with E-state index in [0.29, 0.717) is 6.42 Å². The van der Waals surface area contributed by atoms with Gasteiger partial charge in [0.1, 0.15) is 0 Å². The largest absolute Gasteiger partial charge is 0.349 e. The molecule has 1 unspecified atom stereocenters. The molecule has 0 spiro atoms. The van der Waals surface area contributed by atoms with Gasteiger partial charge in [-0.15, -0.1) is 0 Å². The summed E-state index contributed by atoms with van der Waals surface area (Å²) in [6.45, 7) is 1.95. The van der Waals surface area contributed by atoms with Crippen molar-refractivity contribution in [1.82, 2.24) is 15.1 Å². The standard InChI is InChI=1S/C14H16BrN3O/c1-10(12-8-16-18(2)9-12)17-14(19)7-11-3-5-13(15)6-4-11/h3-6,8-10H,7H2,1-2H3,(H,17,19). The smallest absolute Gasteiger partial charge is 0.224 e. The fourth-order valence-electron chi connectivity index (χ4n) is 1.83. The van der Waals surface area contributed by atoms with E-state index in [2.05, 4.69) is 26.3 Å². The summed E-state index contributed by atoms with van der Waals surface area (Å²) in [4.78, 5) is 11.9. The summed E-state index contributed by atoms with van der Waals surface area (Å²) < 4.78 is 2.74. The molecule has 0 saturated carbocycles. The van der Waals surface area contributed by atoms with E-state index in [-0.39, 0.29) is 11.9 Å². The zero-order valence-corrected chi connectivity index (χ0v) is 12.5. The van der Waals surface area contributed by atoms with Gasteiger partial charge < -0.3 is 5.32 Å². The fourth-order valence-corrected chi connectivity index (χ4v) is 2.09. The molecule has 4 nitrogen and oxygen atoms in total. The quantitative estimate of drug-likeness (QED) is 0.940. The number of carbonyl (C=O) groups is 1. The molecule has 5 heteroatoms. The van der Waals surface area contributed by atoms with Crippen molar-refractivity contribution in [3.63, 3.8) is 0 Å². The minimum absolute atomic E-state index is 0.0127. The van der Waals surface area contributed by atoms with E-state index in [1.54, 1.807) is 10.9 Å². The highest BCUT2D eigenvalue weighted by Gasteiger charge is 2.11. The number of aromatic nitrogens is 2. The lowest BCUT2D eigenvalue weighted by Gasteiger charge is -2.12. The molecule has 0 bridgehead atoms. The van der Waals surface area contributed by atoms with Crippen LogP contribution in [0.5, 0.6) is 0 Å². The molecule has 0 aliphatic heterocycles. The first-order valence-corrected chi connectivity index (χ1v) is 6.86. The van der Waals surface area contributed by atoms with E-state index in [9.17, 15) is 4.79 Å². The molecule has 19 heavy (non-hydrogen) atoms. The average molecular weight is 322 g/mol. The summed E-state index contributed by atoms with van der Waals surface area (Å²) in [5, 5.41) is 7.07. The minimum Gasteiger partial charge on any atom is -0.349 e. The molecule has 0 fully saturated rings.